The summed E-state index contributed by atoms with van der Waals surface area (Å²) in [6, 6.07) is 14.8. The van der Waals surface area contributed by atoms with Crippen molar-refractivity contribution in [2.24, 2.45) is 0 Å². The van der Waals surface area contributed by atoms with Gasteiger partial charge in [0.05, 0.1) is 12.9 Å². The highest BCUT2D eigenvalue weighted by Gasteiger charge is 2.38. The lowest BCUT2D eigenvalue weighted by molar-refractivity contribution is -0.143. The van der Waals surface area contributed by atoms with E-state index in [1.807, 2.05) is 48.5 Å². The van der Waals surface area contributed by atoms with E-state index in [0.29, 0.717) is 6.42 Å². The third-order valence-corrected chi connectivity index (χ3v) is 5.42. The van der Waals surface area contributed by atoms with Crippen LogP contribution in [0.15, 0.2) is 57.9 Å². The van der Waals surface area contributed by atoms with Gasteiger partial charge < -0.3 is 4.74 Å². The fourth-order valence-electron chi connectivity index (χ4n) is 2.76. The monoisotopic (exact) mass is 405 g/mol. The molecule has 0 fully saturated rings. The van der Waals surface area contributed by atoms with Crippen LogP contribution in [-0.2, 0) is 20.7 Å². The van der Waals surface area contributed by atoms with Crippen molar-refractivity contribution in [3.05, 3.63) is 58.6 Å². The minimum absolute atomic E-state index is 0.0942. The average molecular weight is 406 g/mol. The number of rotatable bonds is 4. The summed E-state index contributed by atoms with van der Waals surface area (Å²) in [7, 11) is 1.35. The zero-order chi connectivity index (χ0) is 17.1. The van der Waals surface area contributed by atoms with Crippen LogP contribution in [0.2, 0.25) is 0 Å². The summed E-state index contributed by atoms with van der Waals surface area (Å²) >= 11 is 4.85. The van der Waals surface area contributed by atoms with Crippen LogP contribution < -0.4 is 4.90 Å². The molecule has 3 rings (SSSR count). The predicted octanol–water partition coefficient (Wildman–Crippen LogP) is 3.67. The van der Waals surface area contributed by atoms with E-state index in [2.05, 4.69) is 15.9 Å². The number of amides is 1. The van der Waals surface area contributed by atoms with Crippen molar-refractivity contribution in [2.45, 2.75) is 17.4 Å². The fraction of sp³-hybridized carbons (Fsp3) is 0.222. The second-order valence-electron chi connectivity index (χ2n) is 5.38. The molecule has 0 bridgehead atoms. The molecule has 1 aliphatic rings. The lowest BCUT2D eigenvalue weighted by Crippen LogP contribution is -2.44. The van der Waals surface area contributed by atoms with Crippen molar-refractivity contribution in [3.8, 4) is 0 Å². The maximum Gasteiger partial charge on any atom is 0.329 e. The molecule has 0 radical (unpaired) electrons. The second kappa shape index (κ2) is 7.40. The van der Waals surface area contributed by atoms with Crippen LogP contribution in [0.4, 0.5) is 5.69 Å². The number of benzene rings is 2. The Balaban J connectivity index is 1.77. The van der Waals surface area contributed by atoms with Crippen LogP contribution >= 0.6 is 27.7 Å². The molecule has 0 aliphatic carbocycles. The number of fused-ring (bicyclic) bond motifs is 1. The van der Waals surface area contributed by atoms with Crippen molar-refractivity contribution >= 4 is 45.3 Å². The summed E-state index contributed by atoms with van der Waals surface area (Å²) in [5.41, 5.74) is 1.80. The standard InChI is InChI=1S/C18H16BrNO3S/c1-23-18(22)16-10-12-4-2-3-5-15(12)20(16)17(21)11-24-14-8-6-13(19)7-9-14/h2-9,16H,10-11H2,1H3. The molecular formula is C18H16BrNO3S. The number of carbonyl (C=O) groups excluding carboxylic acids is 2. The first-order chi connectivity index (χ1) is 11.6. The van der Waals surface area contributed by atoms with Gasteiger partial charge in [0.1, 0.15) is 6.04 Å². The molecule has 2 aromatic rings. The molecule has 0 aromatic heterocycles. The van der Waals surface area contributed by atoms with E-state index in [9.17, 15) is 9.59 Å². The molecule has 2 aromatic carbocycles. The molecule has 0 N–H and O–H groups in total. The Morgan fingerprint density at radius 2 is 1.92 bits per heavy atom. The van der Waals surface area contributed by atoms with E-state index in [1.54, 1.807) is 4.90 Å². The second-order valence-corrected chi connectivity index (χ2v) is 7.34. The highest BCUT2D eigenvalue weighted by atomic mass is 79.9. The first kappa shape index (κ1) is 17.0. The summed E-state index contributed by atoms with van der Waals surface area (Å²) < 4.78 is 5.87. The molecule has 4 nitrogen and oxygen atoms in total. The first-order valence-corrected chi connectivity index (χ1v) is 9.24. The summed E-state index contributed by atoms with van der Waals surface area (Å²) in [5, 5.41) is 0. The zero-order valence-electron chi connectivity index (χ0n) is 13.1. The molecule has 6 heteroatoms. The summed E-state index contributed by atoms with van der Waals surface area (Å²) in [6.45, 7) is 0. The number of para-hydroxylation sites is 1. The lowest BCUT2D eigenvalue weighted by Gasteiger charge is -2.23. The Labute approximate surface area is 153 Å². The number of thioether (sulfide) groups is 1. The molecule has 1 amide bonds. The third kappa shape index (κ3) is 3.49. The minimum Gasteiger partial charge on any atom is -0.467 e. The maximum absolute atomic E-state index is 12.8. The van der Waals surface area contributed by atoms with Gasteiger partial charge in [0.2, 0.25) is 5.91 Å². The molecule has 1 atom stereocenters. The van der Waals surface area contributed by atoms with Crippen molar-refractivity contribution in [1.29, 1.82) is 0 Å². The number of methoxy groups -OCH3 is 1. The molecule has 0 saturated carbocycles. The van der Waals surface area contributed by atoms with Crippen molar-refractivity contribution < 1.29 is 14.3 Å². The molecule has 124 valence electrons. The highest BCUT2D eigenvalue weighted by molar-refractivity contribution is 9.10. The van der Waals surface area contributed by atoms with Gasteiger partial charge in [-0.2, -0.15) is 0 Å². The van der Waals surface area contributed by atoms with Gasteiger partial charge >= 0.3 is 5.97 Å². The predicted molar refractivity (Wildman–Crippen MR) is 98.3 cm³/mol. The summed E-state index contributed by atoms with van der Waals surface area (Å²) in [4.78, 5) is 27.4. The van der Waals surface area contributed by atoms with Gasteiger partial charge in [-0.15, -0.1) is 11.8 Å². The van der Waals surface area contributed by atoms with Crippen LogP contribution in [0.1, 0.15) is 5.56 Å². The van der Waals surface area contributed by atoms with Crippen molar-refractivity contribution in [2.75, 3.05) is 17.8 Å². The van der Waals surface area contributed by atoms with Gasteiger partial charge in [0, 0.05) is 21.5 Å². The third-order valence-electron chi connectivity index (χ3n) is 3.89. The van der Waals surface area contributed by atoms with E-state index in [-0.39, 0.29) is 17.6 Å². The molecule has 1 heterocycles. The topological polar surface area (TPSA) is 46.6 Å². The number of hydrogen-bond donors (Lipinski definition) is 0. The Kier molecular flexibility index (Phi) is 5.26. The number of esters is 1. The first-order valence-electron chi connectivity index (χ1n) is 7.46. The van der Waals surface area contributed by atoms with Gasteiger partial charge in [0.15, 0.2) is 0 Å². The number of nitrogens with zero attached hydrogens (tertiary/aromatic N) is 1. The van der Waals surface area contributed by atoms with Crippen LogP contribution in [0.25, 0.3) is 0 Å². The fourth-order valence-corrected chi connectivity index (χ4v) is 3.79. The van der Waals surface area contributed by atoms with E-state index in [1.165, 1.54) is 18.9 Å². The number of ether oxygens (including phenoxy) is 1. The Morgan fingerprint density at radius 1 is 1.21 bits per heavy atom. The number of anilines is 1. The van der Waals surface area contributed by atoms with Crippen molar-refractivity contribution in [1.82, 2.24) is 0 Å². The van der Waals surface area contributed by atoms with Crippen LogP contribution in [-0.4, -0.2) is 30.8 Å². The zero-order valence-corrected chi connectivity index (χ0v) is 15.5. The Bertz CT molecular complexity index is 763. The van der Waals surface area contributed by atoms with E-state index < -0.39 is 6.04 Å². The van der Waals surface area contributed by atoms with Gasteiger partial charge in [-0.3, -0.25) is 9.69 Å². The molecular weight excluding hydrogens is 390 g/mol. The largest absolute Gasteiger partial charge is 0.467 e. The van der Waals surface area contributed by atoms with E-state index in [4.69, 9.17) is 4.74 Å². The van der Waals surface area contributed by atoms with Crippen LogP contribution in [0, 0.1) is 0 Å². The molecule has 1 aliphatic heterocycles. The lowest BCUT2D eigenvalue weighted by atomic mass is 10.1. The molecule has 1 unspecified atom stereocenters. The number of halogens is 1. The smallest absolute Gasteiger partial charge is 0.329 e. The minimum atomic E-state index is -0.578. The van der Waals surface area contributed by atoms with Gasteiger partial charge in [-0.25, -0.2) is 4.79 Å². The van der Waals surface area contributed by atoms with E-state index in [0.717, 1.165) is 20.6 Å². The summed E-state index contributed by atoms with van der Waals surface area (Å²) in [6.07, 6.45) is 0.498. The summed E-state index contributed by atoms with van der Waals surface area (Å²) in [5.74, 6) is -0.208. The molecule has 0 spiro atoms. The van der Waals surface area contributed by atoms with Crippen molar-refractivity contribution in [3.63, 3.8) is 0 Å². The van der Waals surface area contributed by atoms with E-state index >= 15 is 0 Å². The number of carbonyl (C=O) groups is 2. The maximum atomic E-state index is 12.8. The Morgan fingerprint density at radius 3 is 2.62 bits per heavy atom. The average Bonchev–Trinajstić information content (AvgIpc) is 3.00. The molecule has 0 saturated heterocycles. The number of hydrogen-bond acceptors (Lipinski definition) is 4. The normalized spacial score (nSPS) is 15.9. The van der Waals surface area contributed by atoms with Crippen LogP contribution in [0.5, 0.6) is 0 Å². The SMILES string of the molecule is COC(=O)C1Cc2ccccc2N1C(=O)CSc1ccc(Br)cc1. The van der Waals surface area contributed by atoms with Gasteiger partial charge in [0.25, 0.3) is 0 Å². The molecule has 24 heavy (non-hydrogen) atoms. The quantitative estimate of drug-likeness (QED) is 0.574. The van der Waals surface area contributed by atoms with Crippen LogP contribution in [0.3, 0.4) is 0 Å². The van der Waals surface area contributed by atoms with Gasteiger partial charge in [-0.05, 0) is 35.9 Å². The van der Waals surface area contributed by atoms with Gasteiger partial charge in [-0.1, -0.05) is 34.1 Å². The Hall–Kier alpha value is -1.79. The highest BCUT2D eigenvalue weighted by Crippen LogP contribution is 2.33.